The van der Waals surface area contributed by atoms with Crippen LogP contribution in [0.25, 0.3) is 11.3 Å². The van der Waals surface area contributed by atoms with Crippen LogP contribution in [0.5, 0.6) is 0 Å². The molecule has 0 aromatic carbocycles. The van der Waals surface area contributed by atoms with Crippen molar-refractivity contribution >= 4 is 17.5 Å². The number of anilines is 1. The third-order valence-electron chi connectivity index (χ3n) is 7.86. The highest BCUT2D eigenvalue weighted by molar-refractivity contribution is 6.00. The Morgan fingerprint density at radius 1 is 1.17 bits per heavy atom. The van der Waals surface area contributed by atoms with Crippen LogP contribution < -0.4 is 10.6 Å². The Kier molecular flexibility index (Phi) is 6.22. The van der Waals surface area contributed by atoms with Gasteiger partial charge in [0.25, 0.3) is 5.91 Å². The van der Waals surface area contributed by atoms with Gasteiger partial charge < -0.3 is 15.6 Å². The molecule has 3 aromatic heterocycles. The molecule has 1 unspecified atom stereocenters. The van der Waals surface area contributed by atoms with Crippen molar-refractivity contribution in [2.24, 2.45) is 17.3 Å². The summed E-state index contributed by atoms with van der Waals surface area (Å²) in [5.41, 5.74) is 5.31. The van der Waals surface area contributed by atoms with E-state index in [0.29, 0.717) is 17.3 Å². The molecule has 2 amide bonds. The van der Waals surface area contributed by atoms with Crippen molar-refractivity contribution in [2.75, 3.05) is 5.32 Å². The lowest BCUT2D eigenvalue weighted by Gasteiger charge is -2.32. The molecule has 36 heavy (non-hydrogen) atoms. The fraction of sp³-hybridized carbons (Fsp3) is 0.500. The Bertz CT molecular complexity index is 1240. The van der Waals surface area contributed by atoms with Gasteiger partial charge in [0.05, 0.1) is 17.6 Å². The molecule has 3 aromatic rings. The summed E-state index contributed by atoms with van der Waals surface area (Å²) >= 11 is 0. The molecule has 0 radical (unpaired) electrons. The lowest BCUT2D eigenvalue weighted by molar-refractivity contribution is -0.120. The van der Waals surface area contributed by atoms with E-state index in [9.17, 15) is 9.59 Å². The molecule has 5 rings (SSSR count). The van der Waals surface area contributed by atoms with Crippen LogP contribution in [0.1, 0.15) is 74.2 Å². The minimum atomic E-state index is -0.623. The van der Waals surface area contributed by atoms with Gasteiger partial charge in [-0.2, -0.15) is 5.10 Å². The van der Waals surface area contributed by atoms with E-state index in [-0.39, 0.29) is 29.2 Å². The number of nitrogens with zero attached hydrogens (tertiary/aromatic N) is 3. The van der Waals surface area contributed by atoms with Crippen LogP contribution in [-0.4, -0.2) is 37.6 Å². The molecule has 3 N–H and O–H groups in total. The smallest absolute Gasteiger partial charge is 0.270 e. The Hall–Kier alpha value is -3.42. The highest BCUT2D eigenvalue weighted by Gasteiger charge is 2.55. The number of H-pyrrole nitrogens is 1. The minimum absolute atomic E-state index is 0.0464. The van der Waals surface area contributed by atoms with Crippen molar-refractivity contribution in [2.45, 2.75) is 72.4 Å². The fourth-order valence-corrected chi connectivity index (χ4v) is 5.55. The summed E-state index contributed by atoms with van der Waals surface area (Å²) in [6, 6.07) is 4.94. The number of nitrogens with one attached hydrogen (secondary N) is 3. The number of pyridine rings is 1. The van der Waals surface area contributed by atoms with Gasteiger partial charge in [-0.05, 0) is 94.4 Å². The quantitative estimate of drug-likeness (QED) is 0.393. The lowest BCUT2D eigenvalue weighted by Crippen LogP contribution is -2.51. The van der Waals surface area contributed by atoms with Crippen LogP contribution in [0.2, 0.25) is 0 Å². The highest BCUT2D eigenvalue weighted by Crippen LogP contribution is 2.60. The molecular formula is C28H36N6O2. The van der Waals surface area contributed by atoms with Crippen LogP contribution in [0.4, 0.5) is 5.69 Å². The van der Waals surface area contributed by atoms with E-state index in [1.54, 1.807) is 23.1 Å². The minimum Gasteiger partial charge on any atom is -0.364 e. The van der Waals surface area contributed by atoms with Crippen LogP contribution >= 0.6 is 0 Å². The lowest BCUT2D eigenvalue weighted by atomic mass is 9.80. The van der Waals surface area contributed by atoms with E-state index < -0.39 is 6.04 Å². The summed E-state index contributed by atoms with van der Waals surface area (Å²) in [5.74, 6) is 0.119. The molecule has 2 aliphatic rings. The van der Waals surface area contributed by atoms with Gasteiger partial charge in [-0.3, -0.25) is 19.3 Å². The summed E-state index contributed by atoms with van der Waals surface area (Å²) in [6.07, 6.45) is 9.68. The van der Waals surface area contributed by atoms with Crippen LogP contribution in [0, 0.1) is 31.1 Å². The number of hydrogen-bond acceptors (Lipinski definition) is 4. The number of amides is 2. The summed E-state index contributed by atoms with van der Waals surface area (Å²) in [7, 11) is 0. The van der Waals surface area contributed by atoms with E-state index in [4.69, 9.17) is 0 Å². The molecule has 2 saturated carbocycles. The van der Waals surface area contributed by atoms with Gasteiger partial charge >= 0.3 is 0 Å². The molecule has 0 bridgehead atoms. The third-order valence-corrected chi connectivity index (χ3v) is 7.86. The van der Waals surface area contributed by atoms with Gasteiger partial charge in [-0.15, -0.1) is 0 Å². The van der Waals surface area contributed by atoms with Crippen molar-refractivity contribution in [3.8, 4) is 11.3 Å². The molecule has 190 valence electrons. The second-order valence-corrected chi connectivity index (χ2v) is 11.1. The summed E-state index contributed by atoms with van der Waals surface area (Å²) < 4.78 is 1.70. The van der Waals surface area contributed by atoms with E-state index >= 15 is 0 Å². The van der Waals surface area contributed by atoms with Gasteiger partial charge in [0, 0.05) is 29.7 Å². The number of aryl methyl sites for hydroxylation is 2. The standard InChI is InChI=1S/C28H36N6O2/c1-16(2)34-22(10-13-31-34)26(35)33-25(24(19-6-7-19)28(5)11-12-28)27(36)32-20-8-9-21(30-15-20)23-17(3)14-29-18(23)4/h8-10,13-16,19,24-25,29H,6-7,11-12H2,1-5H3,(H,32,36)(H,33,35)/t24?,25-/m0/s1. The normalized spacial score (nSPS) is 18.1. The van der Waals surface area contributed by atoms with E-state index in [2.05, 4.69) is 32.6 Å². The molecule has 2 aliphatic carbocycles. The Morgan fingerprint density at radius 2 is 1.92 bits per heavy atom. The Labute approximate surface area is 212 Å². The average molecular weight is 489 g/mol. The topological polar surface area (TPSA) is 105 Å². The third kappa shape index (κ3) is 4.68. The summed E-state index contributed by atoms with van der Waals surface area (Å²) in [5, 5.41) is 10.5. The first-order chi connectivity index (χ1) is 17.2. The SMILES string of the molecule is Cc1c[nH]c(C)c1-c1ccc(NC(=O)[C@@H](NC(=O)c2ccnn2C(C)C)C(C2CC2)C2(C)CC2)cn1. The predicted molar refractivity (Wildman–Crippen MR) is 140 cm³/mol. The van der Waals surface area contributed by atoms with Crippen molar-refractivity contribution in [1.29, 1.82) is 0 Å². The van der Waals surface area contributed by atoms with Gasteiger partial charge in [-0.1, -0.05) is 6.92 Å². The highest BCUT2D eigenvalue weighted by atomic mass is 16.2. The summed E-state index contributed by atoms with van der Waals surface area (Å²) in [6.45, 7) is 10.3. The van der Waals surface area contributed by atoms with Crippen molar-refractivity contribution in [3.63, 3.8) is 0 Å². The number of aromatic amines is 1. The molecule has 8 heteroatoms. The number of hydrogen-bond donors (Lipinski definition) is 3. The first kappa shape index (κ1) is 24.3. The Morgan fingerprint density at radius 3 is 2.47 bits per heavy atom. The van der Waals surface area contributed by atoms with E-state index in [1.165, 1.54) is 0 Å². The molecule has 2 fully saturated rings. The van der Waals surface area contributed by atoms with Gasteiger partial charge in [-0.25, -0.2) is 0 Å². The maximum atomic E-state index is 13.7. The van der Waals surface area contributed by atoms with Gasteiger partial charge in [0.2, 0.25) is 5.91 Å². The van der Waals surface area contributed by atoms with Crippen molar-refractivity contribution in [3.05, 3.63) is 53.7 Å². The molecular weight excluding hydrogens is 452 g/mol. The molecule has 2 atom stereocenters. The van der Waals surface area contributed by atoms with Crippen LogP contribution in [-0.2, 0) is 4.79 Å². The number of carbonyl (C=O) groups excluding carboxylic acids is 2. The molecule has 0 saturated heterocycles. The molecule has 0 spiro atoms. The molecule has 0 aliphatic heterocycles. The summed E-state index contributed by atoms with van der Waals surface area (Å²) in [4.78, 5) is 34.9. The maximum Gasteiger partial charge on any atom is 0.270 e. The van der Waals surface area contributed by atoms with Gasteiger partial charge in [0.15, 0.2) is 0 Å². The first-order valence-corrected chi connectivity index (χ1v) is 12.9. The van der Waals surface area contributed by atoms with Crippen molar-refractivity contribution in [1.82, 2.24) is 25.1 Å². The predicted octanol–water partition coefficient (Wildman–Crippen LogP) is 5.03. The fourth-order valence-electron chi connectivity index (χ4n) is 5.55. The van der Waals surface area contributed by atoms with Crippen LogP contribution in [0.3, 0.4) is 0 Å². The zero-order chi connectivity index (χ0) is 25.6. The van der Waals surface area contributed by atoms with E-state index in [0.717, 1.165) is 48.2 Å². The molecule has 3 heterocycles. The second-order valence-electron chi connectivity index (χ2n) is 11.1. The largest absolute Gasteiger partial charge is 0.364 e. The maximum absolute atomic E-state index is 13.7. The van der Waals surface area contributed by atoms with Crippen molar-refractivity contribution < 1.29 is 9.59 Å². The molecule has 8 nitrogen and oxygen atoms in total. The van der Waals surface area contributed by atoms with E-state index in [1.807, 2.05) is 46.0 Å². The monoisotopic (exact) mass is 488 g/mol. The van der Waals surface area contributed by atoms with Crippen LogP contribution in [0.15, 0.2) is 36.8 Å². The van der Waals surface area contributed by atoms with Gasteiger partial charge in [0.1, 0.15) is 11.7 Å². The second kappa shape index (κ2) is 9.22. The zero-order valence-corrected chi connectivity index (χ0v) is 21.8. The number of carbonyl (C=O) groups is 2. The first-order valence-electron chi connectivity index (χ1n) is 12.9. The number of rotatable bonds is 9. The zero-order valence-electron chi connectivity index (χ0n) is 21.8. The average Bonchev–Trinajstić information content (AvgIpc) is 3.73. The Balaban J connectivity index is 1.39. The number of aromatic nitrogens is 4.